The van der Waals surface area contributed by atoms with Crippen LogP contribution in [0.25, 0.3) is 11.2 Å². The number of hydrogen-bond acceptors (Lipinski definition) is 4. The lowest BCUT2D eigenvalue weighted by molar-refractivity contribution is -0.120. The molecule has 2 aromatic rings. The van der Waals surface area contributed by atoms with Crippen molar-refractivity contribution in [2.45, 2.75) is 57.4 Å². The highest BCUT2D eigenvalue weighted by Gasteiger charge is 2.25. The standard InChI is InChI=1S/C19H24ClN3O2/c20-17-8-7-16-19(22-17)23(14-3-1-4-14)18(21-16)6-2-5-15(24)11-13-9-10-25-12-13/h7-8,13-14H,1-6,9-12H2. The number of nitrogens with zero attached hydrogens (tertiary/aromatic N) is 3. The first-order valence-corrected chi connectivity index (χ1v) is 9.71. The minimum absolute atomic E-state index is 0.350. The quantitative estimate of drug-likeness (QED) is 0.696. The van der Waals surface area contributed by atoms with Crippen molar-refractivity contribution in [2.24, 2.45) is 5.92 Å². The van der Waals surface area contributed by atoms with Crippen molar-refractivity contribution in [1.82, 2.24) is 14.5 Å². The Bertz CT molecular complexity index is 763. The summed E-state index contributed by atoms with van der Waals surface area (Å²) in [7, 11) is 0. The number of carbonyl (C=O) groups is 1. The first-order valence-electron chi connectivity index (χ1n) is 9.33. The van der Waals surface area contributed by atoms with Crippen LogP contribution in [0.3, 0.4) is 0 Å². The van der Waals surface area contributed by atoms with E-state index in [1.165, 1.54) is 19.3 Å². The predicted octanol–water partition coefficient (Wildman–Crippen LogP) is 4.13. The van der Waals surface area contributed by atoms with E-state index in [-0.39, 0.29) is 0 Å². The van der Waals surface area contributed by atoms with E-state index in [0.717, 1.165) is 49.5 Å². The van der Waals surface area contributed by atoms with E-state index in [0.29, 0.717) is 35.7 Å². The minimum Gasteiger partial charge on any atom is -0.381 e. The number of aryl methyl sites for hydroxylation is 1. The molecule has 0 N–H and O–H groups in total. The Labute approximate surface area is 152 Å². The van der Waals surface area contributed by atoms with Crippen molar-refractivity contribution in [3.63, 3.8) is 0 Å². The van der Waals surface area contributed by atoms with E-state index < -0.39 is 0 Å². The second-order valence-electron chi connectivity index (χ2n) is 7.29. The van der Waals surface area contributed by atoms with Gasteiger partial charge in [0.1, 0.15) is 22.3 Å². The number of fused-ring (bicyclic) bond motifs is 1. The summed E-state index contributed by atoms with van der Waals surface area (Å²) in [6.45, 7) is 1.55. The number of ether oxygens (including phenoxy) is 1. The van der Waals surface area contributed by atoms with Crippen molar-refractivity contribution in [2.75, 3.05) is 13.2 Å². The van der Waals surface area contributed by atoms with Gasteiger partial charge in [0.15, 0.2) is 5.65 Å². The van der Waals surface area contributed by atoms with Gasteiger partial charge in [0.05, 0.1) is 0 Å². The summed E-state index contributed by atoms with van der Waals surface area (Å²) < 4.78 is 7.62. The van der Waals surface area contributed by atoms with Crippen LogP contribution in [0.5, 0.6) is 0 Å². The van der Waals surface area contributed by atoms with Gasteiger partial charge in [-0.2, -0.15) is 0 Å². The highest BCUT2D eigenvalue weighted by atomic mass is 35.5. The Morgan fingerprint density at radius 1 is 1.28 bits per heavy atom. The molecule has 1 saturated carbocycles. The molecule has 0 bridgehead atoms. The molecule has 4 rings (SSSR count). The molecular weight excluding hydrogens is 338 g/mol. The number of pyridine rings is 1. The molecule has 1 aliphatic heterocycles. The maximum absolute atomic E-state index is 12.2. The van der Waals surface area contributed by atoms with Crippen LogP contribution in [0.1, 0.15) is 56.8 Å². The average Bonchev–Trinajstić information content (AvgIpc) is 3.15. The molecule has 1 atom stereocenters. The molecule has 0 spiro atoms. The monoisotopic (exact) mass is 361 g/mol. The van der Waals surface area contributed by atoms with Crippen LogP contribution in [0.2, 0.25) is 5.15 Å². The number of Topliss-reactive ketones (excluding diaryl/α,β-unsaturated/α-hetero) is 1. The van der Waals surface area contributed by atoms with Crippen molar-refractivity contribution in [3.8, 4) is 0 Å². The van der Waals surface area contributed by atoms with Gasteiger partial charge in [0.25, 0.3) is 0 Å². The van der Waals surface area contributed by atoms with E-state index in [2.05, 4.69) is 9.55 Å². The fraction of sp³-hybridized carbons (Fsp3) is 0.632. The third-order valence-corrected chi connectivity index (χ3v) is 5.62. The van der Waals surface area contributed by atoms with E-state index >= 15 is 0 Å². The van der Waals surface area contributed by atoms with E-state index in [1.807, 2.05) is 6.07 Å². The molecule has 0 aromatic carbocycles. The van der Waals surface area contributed by atoms with Crippen LogP contribution < -0.4 is 0 Å². The fourth-order valence-corrected chi connectivity index (χ4v) is 3.96. The SMILES string of the molecule is O=C(CCCc1nc2ccc(Cl)nc2n1C1CCC1)CC1CCOC1. The Morgan fingerprint density at radius 3 is 2.88 bits per heavy atom. The van der Waals surface area contributed by atoms with Crippen molar-refractivity contribution < 1.29 is 9.53 Å². The third-order valence-electron chi connectivity index (χ3n) is 5.41. The molecule has 2 fully saturated rings. The Hall–Kier alpha value is -1.46. The van der Waals surface area contributed by atoms with Gasteiger partial charge >= 0.3 is 0 Å². The second kappa shape index (κ2) is 7.42. The van der Waals surface area contributed by atoms with E-state index in [4.69, 9.17) is 21.3 Å². The van der Waals surface area contributed by atoms with Crippen LogP contribution >= 0.6 is 11.6 Å². The molecule has 25 heavy (non-hydrogen) atoms. The van der Waals surface area contributed by atoms with Gasteiger partial charge in [-0.25, -0.2) is 9.97 Å². The number of imidazole rings is 1. The number of carbonyl (C=O) groups excluding carboxylic acids is 1. The van der Waals surface area contributed by atoms with Crippen LogP contribution in [0.4, 0.5) is 0 Å². The first-order chi connectivity index (χ1) is 12.2. The van der Waals surface area contributed by atoms with Gasteiger partial charge in [0, 0.05) is 38.5 Å². The summed E-state index contributed by atoms with van der Waals surface area (Å²) in [5.41, 5.74) is 1.79. The molecule has 2 aliphatic rings. The van der Waals surface area contributed by atoms with Gasteiger partial charge in [-0.05, 0) is 50.2 Å². The molecule has 1 unspecified atom stereocenters. The molecule has 1 aliphatic carbocycles. The number of halogens is 1. The molecule has 0 amide bonds. The summed E-state index contributed by atoms with van der Waals surface area (Å²) in [6.07, 6.45) is 7.57. The van der Waals surface area contributed by atoms with Gasteiger partial charge < -0.3 is 9.30 Å². The fourth-order valence-electron chi connectivity index (χ4n) is 3.81. The van der Waals surface area contributed by atoms with Crippen LogP contribution in [-0.4, -0.2) is 33.5 Å². The van der Waals surface area contributed by atoms with Crippen molar-refractivity contribution in [3.05, 3.63) is 23.1 Å². The number of aromatic nitrogens is 3. The molecule has 0 radical (unpaired) electrons. The molecule has 3 heterocycles. The highest BCUT2D eigenvalue weighted by molar-refractivity contribution is 6.29. The second-order valence-corrected chi connectivity index (χ2v) is 7.67. The largest absolute Gasteiger partial charge is 0.381 e. The van der Waals surface area contributed by atoms with Crippen LogP contribution in [-0.2, 0) is 16.0 Å². The average molecular weight is 362 g/mol. The summed E-state index contributed by atoms with van der Waals surface area (Å²) in [4.78, 5) is 21.4. The summed E-state index contributed by atoms with van der Waals surface area (Å²) in [6, 6.07) is 4.21. The number of rotatable bonds is 7. The minimum atomic E-state index is 0.350. The van der Waals surface area contributed by atoms with Gasteiger partial charge in [-0.15, -0.1) is 0 Å². The van der Waals surface area contributed by atoms with Crippen molar-refractivity contribution in [1.29, 1.82) is 0 Å². The normalized spacial score (nSPS) is 20.9. The zero-order chi connectivity index (χ0) is 17.2. The highest BCUT2D eigenvalue weighted by Crippen LogP contribution is 2.35. The summed E-state index contributed by atoms with van der Waals surface area (Å²) >= 11 is 6.09. The van der Waals surface area contributed by atoms with Gasteiger partial charge in [-0.1, -0.05) is 11.6 Å². The summed E-state index contributed by atoms with van der Waals surface area (Å²) in [5, 5.41) is 0.508. The topological polar surface area (TPSA) is 57.0 Å². The predicted molar refractivity (Wildman–Crippen MR) is 96.9 cm³/mol. The smallest absolute Gasteiger partial charge is 0.161 e. The number of hydrogen-bond donors (Lipinski definition) is 0. The Kier molecular flexibility index (Phi) is 5.04. The van der Waals surface area contributed by atoms with Gasteiger partial charge in [0.2, 0.25) is 0 Å². The van der Waals surface area contributed by atoms with Crippen molar-refractivity contribution >= 4 is 28.5 Å². The van der Waals surface area contributed by atoms with Crippen LogP contribution in [0, 0.1) is 5.92 Å². The van der Waals surface area contributed by atoms with E-state index in [9.17, 15) is 4.79 Å². The third kappa shape index (κ3) is 3.72. The summed E-state index contributed by atoms with van der Waals surface area (Å²) in [5.74, 6) is 1.83. The van der Waals surface area contributed by atoms with Crippen LogP contribution in [0.15, 0.2) is 12.1 Å². The molecule has 1 saturated heterocycles. The zero-order valence-electron chi connectivity index (χ0n) is 14.4. The molecular formula is C19H24ClN3O2. The lowest BCUT2D eigenvalue weighted by atomic mass is 9.92. The lowest BCUT2D eigenvalue weighted by Crippen LogP contribution is -2.20. The lowest BCUT2D eigenvalue weighted by Gasteiger charge is -2.28. The maximum Gasteiger partial charge on any atom is 0.161 e. The molecule has 6 heteroatoms. The molecule has 134 valence electrons. The zero-order valence-corrected chi connectivity index (χ0v) is 15.2. The maximum atomic E-state index is 12.2. The number of ketones is 1. The molecule has 2 aromatic heterocycles. The Balaban J connectivity index is 1.42. The van der Waals surface area contributed by atoms with Gasteiger partial charge in [-0.3, -0.25) is 4.79 Å². The Morgan fingerprint density at radius 2 is 2.16 bits per heavy atom. The van der Waals surface area contributed by atoms with E-state index in [1.54, 1.807) is 6.07 Å². The first kappa shape index (κ1) is 17.0. The molecule has 5 nitrogen and oxygen atoms in total.